The molecule has 0 aromatic heterocycles. The molecular formula is C12H16ClN3O. The molecule has 1 aromatic carbocycles. The second-order valence-electron chi connectivity index (χ2n) is 4.25. The molecule has 17 heavy (non-hydrogen) atoms. The van der Waals surface area contributed by atoms with E-state index in [-0.39, 0.29) is 18.5 Å². The number of amidine groups is 1. The van der Waals surface area contributed by atoms with Crippen molar-refractivity contribution in [3.8, 4) is 0 Å². The van der Waals surface area contributed by atoms with Gasteiger partial charge >= 0.3 is 0 Å². The number of nitrogens with zero attached hydrogens (tertiary/aromatic N) is 1. The topological polar surface area (TPSA) is 73.3 Å². The molecule has 0 radical (unpaired) electrons. The molecule has 4 N–H and O–H groups in total. The summed E-state index contributed by atoms with van der Waals surface area (Å²) in [5, 5.41) is 17.1. The van der Waals surface area contributed by atoms with E-state index < -0.39 is 0 Å². The Balaban J connectivity index is 2.28. The van der Waals surface area contributed by atoms with Crippen LogP contribution in [0.5, 0.6) is 0 Å². The standard InChI is InChI=1S/C12H16ClN3O/c13-11-6-8(3-4-10(11)12(14)15)16-5-1-2-9(16)7-17/h3-4,6,9,17H,1-2,5,7H2,(H3,14,15). The highest BCUT2D eigenvalue weighted by Crippen LogP contribution is 2.29. The predicted molar refractivity (Wildman–Crippen MR) is 69.9 cm³/mol. The smallest absolute Gasteiger partial charge is 0.124 e. The minimum absolute atomic E-state index is 0.0262. The highest BCUT2D eigenvalue weighted by atomic mass is 35.5. The highest BCUT2D eigenvalue weighted by Gasteiger charge is 2.24. The molecule has 0 saturated carbocycles. The number of nitrogens with two attached hydrogens (primary N) is 1. The van der Waals surface area contributed by atoms with Crippen molar-refractivity contribution in [3.05, 3.63) is 28.8 Å². The fourth-order valence-electron chi connectivity index (χ4n) is 2.27. The zero-order valence-corrected chi connectivity index (χ0v) is 10.2. The van der Waals surface area contributed by atoms with Gasteiger partial charge in [0, 0.05) is 17.8 Å². The van der Waals surface area contributed by atoms with Crippen LogP contribution in [0.15, 0.2) is 18.2 Å². The Labute approximate surface area is 105 Å². The van der Waals surface area contributed by atoms with Gasteiger partial charge in [-0.15, -0.1) is 0 Å². The lowest BCUT2D eigenvalue weighted by atomic mass is 10.1. The Kier molecular flexibility index (Phi) is 3.54. The minimum Gasteiger partial charge on any atom is -0.394 e. The van der Waals surface area contributed by atoms with E-state index in [1.807, 2.05) is 12.1 Å². The molecule has 0 amide bonds. The lowest BCUT2D eigenvalue weighted by Crippen LogP contribution is -2.32. The molecule has 1 saturated heterocycles. The number of rotatable bonds is 3. The Bertz CT molecular complexity index is 436. The number of hydrogen-bond acceptors (Lipinski definition) is 3. The molecule has 2 rings (SSSR count). The predicted octanol–water partition coefficient (Wildman–Crippen LogP) is 1.59. The van der Waals surface area contributed by atoms with E-state index >= 15 is 0 Å². The van der Waals surface area contributed by atoms with Crippen molar-refractivity contribution in [1.29, 1.82) is 5.41 Å². The maximum Gasteiger partial charge on any atom is 0.124 e. The molecule has 1 unspecified atom stereocenters. The first-order valence-corrected chi connectivity index (χ1v) is 6.02. The van der Waals surface area contributed by atoms with Gasteiger partial charge < -0.3 is 15.7 Å². The highest BCUT2D eigenvalue weighted by molar-refractivity contribution is 6.34. The molecule has 92 valence electrons. The summed E-state index contributed by atoms with van der Waals surface area (Å²) in [4.78, 5) is 2.15. The van der Waals surface area contributed by atoms with Crippen LogP contribution in [0.3, 0.4) is 0 Å². The molecular weight excluding hydrogens is 238 g/mol. The quantitative estimate of drug-likeness (QED) is 0.566. The van der Waals surface area contributed by atoms with E-state index in [2.05, 4.69) is 4.90 Å². The van der Waals surface area contributed by atoms with Gasteiger partial charge in [-0.3, -0.25) is 5.41 Å². The van der Waals surface area contributed by atoms with E-state index in [0.29, 0.717) is 10.6 Å². The SMILES string of the molecule is N=C(N)c1ccc(N2CCCC2CO)cc1Cl. The molecule has 5 heteroatoms. The third kappa shape index (κ3) is 2.37. The molecule has 1 aliphatic heterocycles. The largest absolute Gasteiger partial charge is 0.394 e. The summed E-state index contributed by atoms with van der Waals surface area (Å²) in [6.45, 7) is 1.09. The number of aliphatic hydroxyl groups is 1. The second kappa shape index (κ2) is 4.94. The molecule has 4 nitrogen and oxygen atoms in total. The van der Waals surface area contributed by atoms with Crippen LogP contribution in [0.25, 0.3) is 0 Å². The lowest BCUT2D eigenvalue weighted by Gasteiger charge is -2.25. The molecule has 0 bridgehead atoms. The zero-order chi connectivity index (χ0) is 12.4. The molecule has 0 spiro atoms. The van der Waals surface area contributed by atoms with Crippen LogP contribution in [0, 0.1) is 5.41 Å². The zero-order valence-electron chi connectivity index (χ0n) is 9.49. The van der Waals surface area contributed by atoms with Crippen LogP contribution in [-0.4, -0.2) is 30.1 Å². The van der Waals surface area contributed by atoms with E-state index in [1.165, 1.54) is 0 Å². The van der Waals surface area contributed by atoms with Gasteiger partial charge in [0.05, 0.1) is 17.7 Å². The first-order valence-electron chi connectivity index (χ1n) is 5.65. The Morgan fingerprint density at radius 1 is 1.59 bits per heavy atom. The number of nitrogen functional groups attached to an aromatic ring is 1. The molecule has 1 fully saturated rings. The second-order valence-corrected chi connectivity index (χ2v) is 4.66. The van der Waals surface area contributed by atoms with Crippen LogP contribution in [0.1, 0.15) is 18.4 Å². The summed E-state index contributed by atoms with van der Waals surface area (Å²) < 4.78 is 0. The van der Waals surface area contributed by atoms with Crippen molar-refractivity contribution >= 4 is 23.1 Å². The van der Waals surface area contributed by atoms with Gasteiger partial charge in [-0.2, -0.15) is 0 Å². The average molecular weight is 254 g/mol. The monoisotopic (exact) mass is 253 g/mol. The van der Waals surface area contributed by atoms with Gasteiger partial charge in [-0.25, -0.2) is 0 Å². The van der Waals surface area contributed by atoms with Gasteiger partial charge in [0.1, 0.15) is 5.84 Å². The van der Waals surface area contributed by atoms with Crippen LogP contribution < -0.4 is 10.6 Å². The van der Waals surface area contributed by atoms with Gasteiger partial charge in [-0.1, -0.05) is 11.6 Å². The molecule has 1 aliphatic rings. The average Bonchev–Trinajstić information content (AvgIpc) is 2.76. The maximum atomic E-state index is 9.28. The first kappa shape index (κ1) is 12.2. The third-order valence-electron chi connectivity index (χ3n) is 3.16. The summed E-state index contributed by atoms with van der Waals surface area (Å²) in [6, 6.07) is 5.64. The Hall–Kier alpha value is -1.26. The van der Waals surface area contributed by atoms with Crippen molar-refractivity contribution in [2.75, 3.05) is 18.1 Å². The fraction of sp³-hybridized carbons (Fsp3) is 0.417. The van der Waals surface area contributed by atoms with Crippen molar-refractivity contribution in [2.45, 2.75) is 18.9 Å². The Morgan fingerprint density at radius 2 is 2.35 bits per heavy atom. The van der Waals surface area contributed by atoms with Crippen LogP contribution in [0.4, 0.5) is 5.69 Å². The van der Waals surface area contributed by atoms with E-state index in [1.54, 1.807) is 6.07 Å². The van der Waals surface area contributed by atoms with E-state index in [0.717, 1.165) is 25.1 Å². The summed E-state index contributed by atoms with van der Waals surface area (Å²) in [6.07, 6.45) is 2.08. The fourth-order valence-corrected chi connectivity index (χ4v) is 2.54. The van der Waals surface area contributed by atoms with Crippen LogP contribution >= 0.6 is 11.6 Å². The Morgan fingerprint density at radius 3 is 2.94 bits per heavy atom. The van der Waals surface area contributed by atoms with Crippen molar-refractivity contribution < 1.29 is 5.11 Å². The number of benzene rings is 1. The van der Waals surface area contributed by atoms with Crippen LogP contribution in [-0.2, 0) is 0 Å². The van der Waals surface area contributed by atoms with Crippen LogP contribution in [0.2, 0.25) is 5.02 Å². The van der Waals surface area contributed by atoms with Crippen molar-refractivity contribution in [3.63, 3.8) is 0 Å². The van der Waals surface area contributed by atoms with Gasteiger partial charge in [0.25, 0.3) is 0 Å². The number of hydrogen-bond donors (Lipinski definition) is 3. The first-order chi connectivity index (χ1) is 8.13. The van der Waals surface area contributed by atoms with Gasteiger partial charge in [-0.05, 0) is 31.0 Å². The van der Waals surface area contributed by atoms with Crippen molar-refractivity contribution in [2.24, 2.45) is 5.73 Å². The molecule has 0 aliphatic carbocycles. The lowest BCUT2D eigenvalue weighted by molar-refractivity contribution is 0.266. The number of nitrogens with one attached hydrogen (secondary N) is 1. The summed E-state index contributed by atoms with van der Waals surface area (Å²) in [7, 11) is 0. The number of halogens is 1. The minimum atomic E-state index is -0.0262. The normalized spacial score (nSPS) is 19.6. The summed E-state index contributed by atoms with van der Waals surface area (Å²) in [5.74, 6) is -0.0262. The van der Waals surface area contributed by atoms with Crippen molar-refractivity contribution in [1.82, 2.24) is 0 Å². The molecule has 1 aromatic rings. The van der Waals surface area contributed by atoms with E-state index in [9.17, 15) is 5.11 Å². The maximum absolute atomic E-state index is 9.28. The molecule has 1 heterocycles. The van der Waals surface area contributed by atoms with Gasteiger partial charge in [0.15, 0.2) is 0 Å². The summed E-state index contributed by atoms with van der Waals surface area (Å²) in [5.41, 5.74) is 6.95. The molecule has 1 atom stereocenters. The number of aliphatic hydroxyl groups excluding tert-OH is 1. The van der Waals surface area contributed by atoms with E-state index in [4.69, 9.17) is 22.7 Å². The van der Waals surface area contributed by atoms with Gasteiger partial charge in [0.2, 0.25) is 0 Å². The third-order valence-corrected chi connectivity index (χ3v) is 3.48. The number of anilines is 1. The summed E-state index contributed by atoms with van der Waals surface area (Å²) >= 11 is 6.08.